The maximum absolute atomic E-state index is 12.0. The Morgan fingerprint density at radius 2 is 2.21 bits per heavy atom. The molecule has 106 valence electrons. The van der Waals surface area contributed by atoms with Crippen LogP contribution in [-0.2, 0) is 0 Å². The van der Waals surface area contributed by atoms with Crippen LogP contribution < -0.4 is 16.6 Å². The number of rotatable bonds is 6. The molecule has 1 unspecified atom stereocenters. The van der Waals surface area contributed by atoms with Crippen LogP contribution in [0.3, 0.4) is 0 Å². The summed E-state index contributed by atoms with van der Waals surface area (Å²) in [7, 11) is 3.98. The van der Waals surface area contributed by atoms with E-state index in [2.05, 4.69) is 20.6 Å². The SMILES string of the molecule is CC(CCN(C)C)NC(=O)c1nc(NN)ccc1Cl. The predicted molar refractivity (Wildman–Crippen MR) is 77.2 cm³/mol. The number of nitrogens with one attached hydrogen (secondary N) is 2. The molecule has 0 aromatic carbocycles. The molecule has 1 amide bonds. The molecule has 0 fully saturated rings. The van der Waals surface area contributed by atoms with E-state index < -0.39 is 0 Å². The Hall–Kier alpha value is -1.37. The zero-order chi connectivity index (χ0) is 14.4. The number of carbonyl (C=O) groups is 1. The first-order chi connectivity index (χ1) is 8.93. The lowest BCUT2D eigenvalue weighted by Gasteiger charge is -2.17. The number of nitrogens with two attached hydrogens (primary N) is 1. The van der Waals surface area contributed by atoms with Crippen LogP contribution in [0, 0.1) is 0 Å². The van der Waals surface area contributed by atoms with E-state index in [0.29, 0.717) is 10.8 Å². The van der Waals surface area contributed by atoms with Crippen molar-refractivity contribution >= 4 is 23.3 Å². The Morgan fingerprint density at radius 1 is 1.53 bits per heavy atom. The Balaban J connectivity index is 2.67. The second-order valence-corrected chi connectivity index (χ2v) is 5.04. The molecular formula is C12H20ClN5O. The summed E-state index contributed by atoms with van der Waals surface area (Å²) in [6.07, 6.45) is 0.852. The number of halogens is 1. The molecule has 0 aliphatic carbocycles. The largest absolute Gasteiger partial charge is 0.348 e. The topological polar surface area (TPSA) is 83.3 Å². The Bertz CT molecular complexity index is 438. The number of anilines is 1. The summed E-state index contributed by atoms with van der Waals surface area (Å²) in [5.74, 6) is 5.36. The predicted octanol–water partition coefficient (Wildman–Crippen LogP) is 1.09. The van der Waals surface area contributed by atoms with E-state index in [1.807, 2.05) is 21.0 Å². The minimum Gasteiger partial charge on any atom is -0.348 e. The zero-order valence-electron chi connectivity index (χ0n) is 11.4. The first-order valence-corrected chi connectivity index (χ1v) is 6.40. The van der Waals surface area contributed by atoms with Crippen molar-refractivity contribution in [2.45, 2.75) is 19.4 Å². The Morgan fingerprint density at radius 3 is 2.79 bits per heavy atom. The van der Waals surface area contributed by atoms with Crippen molar-refractivity contribution in [1.29, 1.82) is 0 Å². The summed E-state index contributed by atoms with van der Waals surface area (Å²) in [5, 5.41) is 3.16. The fourth-order valence-corrected chi connectivity index (χ4v) is 1.69. The fourth-order valence-electron chi connectivity index (χ4n) is 1.50. The monoisotopic (exact) mass is 285 g/mol. The molecule has 0 saturated carbocycles. The minimum absolute atomic E-state index is 0.0438. The van der Waals surface area contributed by atoms with Crippen molar-refractivity contribution in [2.24, 2.45) is 5.84 Å². The van der Waals surface area contributed by atoms with Crippen LogP contribution in [0.25, 0.3) is 0 Å². The van der Waals surface area contributed by atoms with Crippen LogP contribution in [0.1, 0.15) is 23.8 Å². The summed E-state index contributed by atoms with van der Waals surface area (Å²) in [4.78, 5) is 18.2. The molecule has 1 aromatic heterocycles. The smallest absolute Gasteiger partial charge is 0.271 e. The minimum atomic E-state index is -0.298. The van der Waals surface area contributed by atoms with E-state index in [1.54, 1.807) is 12.1 Å². The maximum Gasteiger partial charge on any atom is 0.271 e. The summed E-state index contributed by atoms with van der Waals surface area (Å²) >= 11 is 5.96. The van der Waals surface area contributed by atoms with Gasteiger partial charge in [-0.05, 0) is 46.1 Å². The number of aromatic nitrogens is 1. The third kappa shape index (κ3) is 5.02. The van der Waals surface area contributed by atoms with Crippen LogP contribution in [0.2, 0.25) is 5.02 Å². The highest BCUT2D eigenvalue weighted by Gasteiger charge is 2.15. The Labute approximate surface area is 118 Å². The van der Waals surface area contributed by atoms with Crippen LogP contribution in [-0.4, -0.2) is 42.5 Å². The average molecular weight is 286 g/mol. The van der Waals surface area contributed by atoms with Gasteiger partial charge in [-0.2, -0.15) is 0 Å². The van der Waals surface area contributed by atoms with Gasteiger partial charge in [0.05, 0.1) is 5.02 Å². The second-order valence-electron chi connectivity index (χ2n) is 4.64. The van der Waals surface area contributed by atoms with Crippen molar-refractivity contribution in [1.82, 2.24) is 15.2 Å². The van der Waals surface area contributed by atoms with Gasteiger partial charge in [0.1, 0.15) is 11.5 Å². The van der Waals surface area contributed by atoms with Crippen molar-refractivity contribution in [2.75, 3.05) is 26.1 Å². The molecule has 1 rings (SSSR count). The first kappa shape index (κ1) is 15.7. The zero-order valence-corrected chi connectivity index (χ0v) is 12.2. The van der Waals surface area contributed by atoms with Gasteiger partial charge in [-0.3, -0.25) is 4.79 Å². The van der Waals surface area contributed by atoms with Gasteiger partial charge >= 0.3 is 0 Å². The first-order valence-electron chi connectivity index (χ1n) is 6.02. The number of carbonyl (C=O) groups excluding carboxylic acids is 1. The maximum atomic E-state index is 12.0. The number of pyridine rings is 1. The summed E-state index contributed by atoms with van der Waals surface area (Å²) in [6, 6.07) is 3.24. The molecule has 0 radical (unpaired) electrons. The highest BCUT2D eigenvalue weighted by molar-refractivity contribution is 6.33. The van der Waals surface area contributed by atoms with Crippen molar-refractivity contribution in [3.63, 3.8) is 0 Å². The number of hydrogen-bond donors (Lipinski definition) is 3. The van der Waals surface area contributed by atoms with E-state index >= 15 is 0 Å². The van der Waals surface area contributed by atoms with E-state index in [0.717, 1.165) is 13.0 Å². The standard InChI is InChI=1S/C12H20ClN5O/c1-8(6-7-18(2)3)15-12(19)11-9(13)4-5-10(16-11)17-14/h4-5,8H,6-7,14H2,1-3H3,(H,15,19)(H,16,17). The van der Waals surface area contributed by atoms with Crippen LogP contribution in [0.4, 0.5) is 5.82 Å². The molecule has 0 spiro atoms. The van der Waals surface area contributed by atoms with Crippen LogP contribution >= 0.6 is 11.6 Å². The quantitative estimate of drug-likeness (QED) is 0.538. The van der Waals surface area contributed by atoms with Crippen molar-refractivity contribution in [3.05, 3.63) is 22.8 Å². The lowest BCUT2D eigenvalue weighted by atomic mass is 10.2. The summed E-state index contributed by atoms with van der Waals surface area (Å²) in [5.41, 5.74) is 2.56. The molecule has 0 bridgehead atoms. The van der Waals surface area contributed by atoms with Gasteiger partial charge in [-0.1, -0.05) is 11.6 Å². The average Bonchev–Trinajstić information content (AvgIpc) is 2.36. The van der Waals surface area contributed by atoms with Gasteiger partial charge in [0.25, 0.3) is 5.91 Å². The Kier molecular flexibility index (Phi) is 6.01. The van der Waals surface area contributed by atoms with Gasteiger partial charge < -0.3 is 15.6 Å². The van der Waals surface area contributed by atoms with Gasteiger partial charge in [0.15, 0.2) is 0 Å². The lowest BCUT2D eigenvalue weighted by Crippen LogP contribution is -2.35. The highest BCUT2D eigenvalue weighted by atomic mass is 35.5. The van der Waals surface area contributed by atoms with Crippen molar-refractivity contribution in [3.8, 4) is 0 Å². The van der Waals surface area contributed by atoms with Gasteiger partial charge in [0, 0.05) is 6.04 Å². The molecule has 0 saturated heterocycles. The molecule has 1 atom stereocenters. The fraction of sp³-hybridized carbons (Fsp3) is 0.500. The third-order valence-electron chi connectivity index (χ3n) is 2.60. The highest BCUT2D eigenvalue weighted by Crippen LogP contribution is 2.16. The third-order valence-corrected chi connectivity index (χ3v) is 2.90. The molecule has 6 nitrogen and oxygen atoms in total. The van der Waals surface area contributed by atoms with Gasteiger partial charge in [-0.15, -0.1) is 0 Å². The number of hydrazine groups is 1. The van der Waals surface area contributed by atoms with Gasteiger partial charge in [0.2, 0.25) is 0 Å². The van der Waals surface area contributed by atoms with E-state index in [9.17, 15) is 4.79 Å². The van der Waals surface area contributed by atoms with Crippen molar-refractivity contribution < 1.29 is 4.79 Å². The number of nitrogens with zero attached hydrogens (tertiary/aromatic N) is 2. The number of hydrogen-bond acceptors (Lipinski definition) is 5. The van der Waals surface area contributed by atoms with Crippen LogP contribution in [0.5, 0.6) is 0 Å². The van der Waals surface area contributed by atoms with Gasteiger partial charge in [-0.25, -0.2) is 10.8 Å². The number of amides is 1. The molecule has 1 heterocycles. The molecule has 0 aliphatic heterocycles. The second kappa shape index (κ2) is 7.28. The molecule has 1 aromatic rings. The molecule has 4 N–H and O–H groups in total. The molecule has 19 heavy (non-hydrogen) atoms. The molecule has 0 aliphatic rings. The normalized spacial score (nSPS) is 12.3. The summed E-state index contributed by atoms with van der Waals surface area (Å²) in [6.45, 7) is 2.84. The lowest BCUT2D eigenvalue weighted by molar-refractivity contribution is 0.0932. The summed E-state index contributed by atoms with van der Waals surface area (Å²) < 4.78 is 0. The van der Waals surface area contributed by atoms with E-state index in [4.69, 9.17) is 17.4 Å². The molecule has 7 heteroatoms. The molecular weight excluding hydrogens is 266 g/mol. The van der Waals surface area contributed by atoms with E-state index in [1.165, 1.54) is 0 Å². The van der Waals surface area contributed by atoms with Crippen LogP contribution in [0.15, 0.2) is 12.1 Å². The van der Waals surface area contributed by atoms with E-state index in [-0.39, 0.29) is 17.6 Å². The number of nitrogen functional groups attached to an aromatic ring is 1.